The molecule has 1 atom stereocenters. The second-order valence-corrected chi connectivity index (χ2v) is 6.38. The van der Waals surface area contributed by atoms with Gasteiger partial charge in [-0.25, -0.2) is 4.79 Å². The molecule has 0 spiro atoms. The first-order valence-corrected chi connectivity index (χ1v) is 8.13. The van der Waals surface area contributed by atoms with Crippen LogP contribution in [-0.2, 0) is 13.5 Å². The number of thiophene rings is 1. The van der Waals surface area contributed by atoms with Crippen molar-refractivity contribution in [1.82, 2.24) is 25.3 Å². The van der Waals surface area contributed by atoms with Gasteiger partial charge in [-0.3, -0.25) is 4.68 Å². The lowest BCUT2D eigenvalue weighted by Gasteiger charge is -2.23. The molecule has 0 fully saturated rings. The van der Waals surface area contributed by atoms with Gasteiger partial charge < -0.3 is 15.5 Å². The summed E-state index contributed by atoms with van der Waals surface area (Å²) in [6.07, 6.45) is 4.56. The van der Waals surface area contributed by atoms with E-state index in [1.165, 1.54) is 4.88 Å². The van der Waals surface area contributed by atoms with Crippen molar-refractivity contribution < 1.29 is 4.79 Å². The van der Waals surface area contributed by atoms with Crippen LogP contribution in [0.1, 0.15) is 16.5 Å². The van der Waals surface area contributed by atoms with Gasteiger partial charge in [0.15, 0.2) is 0 Å². The molecule has 2 amide bonds. The van der Waals surface area contributed by atoms with Gasteiger partial charge >= 0.3 is 6.03 Å². The van der Waals surface area contributed by atoms with Gasteiger partial charge in [0.2, 0.25) is 0 Å². The van der Waals surface area contributed by atoms with Crippen LogP contribution >= 0.6 is 11.3 Å². The highest BCUT2D eigenvalue weighted by molar-refractivity contribution is 7.10. The normalized spacial score (nSPS) is 12.4. The minimum absolute atomic E-state index is 0.132. The third-order valence-corrected chi connectivity index (χ3v) is 4.38. The number of hydrogen-bond acceptors (Lipinski definition) is 4. The minimum Gasteiger partial charge on any atom is -0.338 e. The summed E-state index contributed by atoms with van der Waals surface area (Å²) in [6.45, 7) is 1.19. The molecule has 2 aromatic heterocycles. The summed E-state index contributed by atoms with van der Waals surface area (Å²) in [5.74, 6) is 0. The zero-order valence-corrected chi connectivity index (χ0v) is 14.1. The lowest BCUT2D eigenvalue weighted by atomic mass is 10.2. The summed E-state index contributed by atoms with van der Waals surface area (Å²) in [6, 6.07) is 4.19. The van der Waals surface area contributed by atoms with E-state index >= 15 is 0 Å². The summed E-state index contributed by atoms with van der Waals surface area (Å²) in [4.78, 5) is 15.2. The molecule has 0 bridgehead atoms. The van der Waals surface area contributed by atoms with Gasteiger partial charge in [-0.15, -0.1) is 11.3 Å². The van der Waals surface area contributed by atoms with Gasteiger partial charge in [0.25, 0.3) is 0 Å². The molecule has 7 heteroatoms. The summed E-state index contributed by atoms with van der Waals surface area (Å²) in [7, 11) is 5.92. The van der Waals surface area contributed by atoms with E-state index in [0.717, 1.165) is 12.0 Å². The van der Waals surface area contributed by atoms with Crippen LogP contribution in [-0.4, -0.2) is 47.9 Å². The number of amides is 2. The lowest BCUT2D eigenvalue weighted by molar-refractivity contribution is 0.233. The molecule has 120 valence electrons. The molecule has 1 unspecified atom stereocenters. The van der Waals surface area contributed by atoms with E-state index < -0.39 is 0 Å². The van der Waals surface area contributed by atoms with Crippen molar-refractivity contribution in [3.63, 3.8) is 0 Å². The Labute approximate surface area is 135 Å². The molecular weight excluding hydrogens is 298 g/mol. The predicted octanol–water partition coefficient (Wildman–Crippen LogP) is 1.63. The zero-order chi connectivity index (χ0) is 15.9. The average molecular weight is 321 g/mol. The standard InChI is InChI=1S/C15H23N5OS/c1-19(2)13(14-5-4-8-22-14)10-17-15(21)16-7-6-12-9-18-20(3)11-12/h4-5,8-9,11,13H,6-7,10H2,1-3H3,(H2,16,17,21). The first-order valence-electron chi connectivity index (χ1n) is 7.25. The number of carbonyl (C=O) groups is 1. The van der Waals surface area contributed by atoms with Crippen molar-refractivity contribution in [3.05, 3.63) is 40.3 Å². The van der Waals surface area contributed by atoms with Gasteiger partial charge in [0, 0.05) is 31.2 Å². The number of urea groups is 1. The molecule has 2 rings (SSSR count). The number of carbonyl (C=O) groups excluding carboxylic acids is 1. The number of hydrogen-bond donors (Lipinski definition) is 2. The molecule has 0 aliphatic carbocycles. The van der Waals surface area contributed by atoms with Crippen molar-refractivity contribution in [3.8, 4) is 0 Å². The molecule has 6 nitrogen and oxygen atoms in total. The number of rotatable bonds is 7. The van der Waals surface area contributed by atoms with Crippen molar-refractivity contribution in [2.24, 2.45) is 7.05 Å². The molecule has 22 heavy (non-hydrogen) atoms. The monoisotopic (exact) mass is 321 g/mol. The smallest absolute Gasteiger partial charge is 0.314 e. The van der Waals surface area contributed by atoms with Gasteiger partial charge in [-0.1, -0.05) is 6.07 Å². The van der Waals surface area contributed by atoms with Gasteiger partial charge in [0.05, 0.1) is 12.2 Å². The van der Waals surface area contributed by atoms with Crippen LogP contribution in [0.2, 0.25) is 0 Å². The van der Waals surface area contributed by atoms with Crippen molar-refractivity contribution in [2.45, 2.75) is 12.5 Å². The highest BCUT2D eigenvalue weighted by Gasteiger charge is 2.15. The fourth-order valence-electron chi connectivity index (χ4n) is 2.19. The van der Waals surface area contributed by atoms with Crippen LogP contribution in [0.4, 0.5) is 4.79 Å². The Morgan fingerprint density at radius 1 is 1.45 bits per heavy atom. The number of likely N-dealkylation sites (N-methyl/N-ethyl adjacent to an activating group) is 1. The fourth-order valence-corrected chi connectivity index (χ4v) is 3.11. The summed E-state index contributed by atoms with van der Waals surface area (Å²) in [5, 5.41) is 12.0. The van der Waals surface area contributed by atoms with Crippen LogP contribution in [0.15, 0.2) is 29.9 Å². The first-order chi connectivity index (χ1) is 10.6. The molecule has 0 aromatic carbocycles. The topological polar surface area (TPSA) is 62.2 Å². The third kappa shape index (κ3) is 4.85. The van der Waals surface area contributed by atoms with E-state index in [2.05, 4.69) is 32.1 Å². The highest BCUT2D eigenvalue weighted by atomic mass is 32.1. The Balaban J connectivity index is 1.72. The van der Waals surface area contributed by atoms with Gasteiger partial charge in [-0.2, -0.15) is 5.10 Å². The first kappa shape index (κ1) is 16.5. The summed E-state index contributed by atoms with van der Waals surface area (Å²) in [5.41, 5.74) is 1.12. The second kappa shape index (κ2) is 7.95. The molecule has 0 aliphatic heterocycles. The van der Waals surface area contributed by atoms with Crippen LogP contribution < -0.4 is 10.6 Å². The van der Waals surface area contributed by atoms with E-state index in [0.29, 0.717) is 13.1 Å². The molecule has 0 aliphatic rings. The van der Waals surface area contributed by atoms with Crippen molar-refractivity contribution in [1.29, 1.82) is 0 Å². The zero-order valence-electron chi connectivity index (χ0n) is 13.2. The van der Waals surface area contributed by atoms with Crippen LogP contribution in [0.5, 0.6) is 0 Å². The Bertz CT molecular complexity index is 579. The molecule has 0 saturated carbocycles. The Hall–Kier alpha value is -1.86. The third-order valence-electron chi connectivity index (χ3n) is 3.41. The van der Waals surface area contributed by atoms with Gasteiger partial charge in [-0.05, 0) is 37.5 Å². The van der Waals surface area contributed by atoms with Crippen LogP contribution in [0, 0.1) is 0 Å². The SMILES string of the molecule is CN(C)C(CNC(=O)NCCc1cnn(C)c1)c1cccs1. The molecule has 2 heterocycles. The molecule has 0 saturated heterocycles. The summed E-state index contributed by atoms with van der Waals surface area (Å²) >= 11 is 1.71. The van der Waals surface area contributed by atoms with E-state index in [-0.39, 0.29) is 12.1 Å². The molecule has 2 N–H and O–H groups in total. The van der Waals surface area contributed by atoms with Crippen LogP contribution in [0.3, 0.4) is 0 Å². The van der Waals surface area contributed by atoms with Crippen molar-refractivity contribution in [2.75, 3.05) is 27.2 Å². The maximum atomic E-state index is 11.9. The number of nitrogens with one attached hydrogen (secondary N) is 2. The fraction of sp³-hybridized carbons (Fsp3) is 0.467. The second-order valence-electron chi connectivity index (χ2n) is 5.40. The molecular formula is C15H23N5OS. The Kier molecular flexibility index (Phi) is 5.97. The van der Waals surface area contributed by atoms with E-state index in [9.17, 15) is 4.79 Å². The molecule has 0 radical (unpaired) electrons. The number of nitrogens with zero attached hydrogens (tertiary/aromatic N) is 3. The largest absolute Gasteiger partial charge is 0.338 e. The maximum absolute atomic E-state index is 11.9. The quantitative estimate of drug-likeness (QED) is 0.815. The van der Waals surface area contributed by atoms with Gasteiger partial charge in [0.1, 0.15) is 0 Å². The van der Waals surface area contributed by atoms with E-state index in [1.807, 2.05) is 39.6 Å². The predicted molar refractivity (Wildman–Crippen MR) is 89.1 cm³/mol. The van der Waals surface area contributed by atoms with E-state index in [1.54, 1.807) is 16.0 Å². The highest BCUT2D eigenvalue weighted by Crippen LogP contribution is 2.22. The average Bonchev–Trinajstić information content (AvgIpc) is 3.11. The molecule has 2 aromatic rings. The Morgan fingerprint density at radius 3 is 2.86 bits per heavy atom. The van der Waals surface area contributed by atoms with E-state index in [4.69, 9.17) is 0 Å². The summed E-state index contributed by atoms with van der Waals surface area (Å²) < 4.78 is 1.76. The van der Waals surface area contributed by atoms with Crippen LogP contribution in [0.25, 0.3) is 0 Å². The maximum Gasteiger partial charge on any atom is 0.314 e. The lowest BCUT2D eigenvalue weighted by Crippen LogP contribution is -2.41. The van der Waals surface area contributed by atoms with Crippen molar-refractivity contribution >= 4 is 17.4 Å². The number of aromatic nitrogens is 2. The minimum atomic E-state index is -0.132. The number of aryl methyl sites for hydroxylation is 1. The Morgan fingerprint density at radius 2 is 2.27 bits per heavy atom.